The summed E-state index contributed by atoms with van der Waals surface area (Å²) >= 11 is 0. The first-order valence-corrected chi connectivity index (χ1v) is 24.3. The molecule has 0 aromatic carbocycles. The quantitative estimate of drug-likeness (QED) is 0.0480. The summed E-state index contributed by atoms with van der Waals surface area (Å²) < 4.78 is 0. The van der Waals surface area contributed by atoms with Crippen molar-refractivity contribution < 1.29 is 9.59 Å². The molecule has 1 amide bonds. The van der Waals surface area contributed by atoms with Gasteiger partial charge in [-0.15, -0.1) is 0 Å². The molecule has 1 fully saturated rings. The number of amides is 1. The Morgan fingerprint density at radius 3 is 1.56 bits per heavy atom. The van der Waals surface area contributed by atoms with Gasteiger partial charge in [-0.2, -0.15) is 0 Å². The number of carbonyl (C=O) groups is 2. The number of ketones is 1. The first-order chi connectivity index (χ1) is 24.7. The van der Waals surface area contributed by atoms with Crippen LogP contribution in [0, 0.1) is 0 Å². The van der Waals surface area contributed by atoms with E-state index in [1.165, 1.54) is 141 Å². The molecule has 0 atom stereocenters. The molecule has 1 heterocycles. The molecule has 0 aromatic rings. The Kier molecular flexibility index (Phi) is 36.7. The zero-order chi connectivity index (χ0) is 36.0. The lowest BCUT2D eigenvalue weighted by Crippen LogP contribution is -2.44. The van der Waals surface area contributed by atoms with Crippen molar-refractivity contribution in [3.63, 3.8) is 0 Å². The molecule has 8 heteroatoms. The van der Waals surface area contributed by atoms with Gasteiger partial charge >= 0.3 is 0 Å². The molecular weight excluding hydrogens is 657 g/mol. The lowest BCUT2D eigenvalue weighted by molar-refractivity contribution is -0.121. The summed E-state index contributed by atoms with van der Waals surface area (Å²) in [4.78, 5) is 30.3. The Labute approximate surface area is 319 Å². The second kappa shape index (κ2) is 38.4. The smallest absolute Gasteiger partial charge is 0.221 e. The molecule has 50 heavy (non-hydrogen) atoms. The summed E-state index contributed by atoms with van der Waals surface area (Å²) in [6.45, 7) is 13.5. The molecule has 0 saturated carbocycles. The second-order valence-corrected chi connectivity index (χ2v) is 17.7. The van der Waals surface area contributed by atoms with Crippen molar-refractivity contribution in [3.05, 3.63) is 0 Å². The number of unbranched alkanes of at least 4 members (excludes halogenated alkanes) is 22. The Bertz CT molecular complexity index is 739. The molecule has 0 aromatic heterocycles. The topological polar surface area (TPSA) is 64.7 Å². The fraction of sp³-hybridized carbons (Fsp3) is 0.952. The zero-order valence-corrected chi connectivity index (χ0v) is 35.0. The van der Waals surface area contributed by atoms with Crippen LogP contribution >= 0.6 is 21.6 Å². The van der Waals surface area contributed by atoms with Crippen LogP contribution in [-0.2, 0) is 9.59 Å². The largest absolute Gasteiger partial charge is 0.356 e. The first kappa shape index (κ1) is 47.7. The van der Waals surface area contributed by atoms with Crippen molar-refractivity contribution in [2.24, 2.45) is 0 Å². The fourth-order valence-electron chi connectivity index (χ4n) is 6.83. The standard InChI is InChI=1S/C42H84N4O2S2/c1-3-5-7-9-11-13-15-16-17-19-21-23-25-27-41(47)28-33-45(37-39-49-50-40-38-46-35-31-43-32-36-46)34-29-42(48)44-30-26-24-22-20-18-14-12-10-8-6-4-2/h43H,3-40H2,1-2H3,(H,44,48). The van der Waals surface area contributed by atoms with Crippen LogP contribution in [0.25, 0.3) is 0 Å². The van der Waals surface area contributed by atoms with Gasteiger partial charge in [-0.1, -0.05) is 177 Å². The van der Waals surface area contributed by atoms with E-state index < -0.39 is 0 Å². The third-order valence-corrected chi connectivity index (χ3v) is 12.7. The van der Waals surface area contributed by atoms with Crippen molar-refractivity contribution in [3.8, 4) is 0 Å². The number of rotatable bonds is 39. The van der Waals surface area contributed by atoms with Crippen LogP contribution in [0.2, 0.25) is 0 Å². The van der Waals surface area contributed by atoms with Gasteiger partial charge < -0.3 is 15.5 Å². The van der Waals surface area contributed by atoms with Crippen LogP contribution in [0.15, 0.2) is 0 Å². The maximum atomic E-state index is 12.8. The highest BCUT2D eigenvalue weighted by Gasteiger charge is 2.12. The summed E-state index contributed by atoms with van der Waals surface area (Å²) in [7, 11) is 3.92. The maximum Gasteiger partial charge on any atom is 0.221 e. The first-order valence-electron chi connectivity index (χ1n) is 21.8. The minimum atomic E-state index is 0.165. The molecule has 0 bridgehead atoms. The number of Topliss-reactive ketones (excluding diaryl/α,β-unsaturated/α-hetero) is 1. The van der Waals surface area contributed by atoms with Gasteiger partial charge in [-0.3, -0.25) is 14.5 Å². The average molecular weight is 741 g/mol. The number of carbonyl (C=O) groups excluding carboxylic acids is 2. The minimum Gasteiger partial charge on any atom is -0.356 e. The van der Waals surface area contributed by atoms with Gasteiger partial charge in [0.05, 0.1) is 0 Å². The average Bonchev–Trinajstić information content (AvgIpc) is 3.13. The Morgan fingerprint density at radius 2 is 1.02 bits per heavy atom. The highest BCUT2D eigenvalue weighted by atomic mass is 33.1. The van der Waals surface area contributed by atoms with E-state index in [2.05, 4.69) is 34.3 Å². The van der Waals surface area contributed by atoms with E-state index >= 15 is 0 Å². The van der Waals surface area contributed by atoms with E-state index in [1.54, 1.807) is 0 Å². The van der Waals surface area contributed by atoms with Gasteiger partial charge in [0.25, 0.3) is 0 Å². The SMILES string of the molecule is CCCCCCCCCCCCCCCC(=O)CCN(CCSSCCN1CCNCC1)CCC(=O)NCCCCCCCCCCCCC. The van der Waals surface area contributed by atoms with Crippen molar-refractivity contribution in [2.45, 2.75) is 187 Å². The highest BCUT2D eigenvalue weighted by molar-refractivity contribution is 8.76. The van der Waals surface area contributed by atoms with Gasteiger partial charge in [-0.05, 0) is 12.8 Å². The summed E-state index contributed by atoms with van der Waals surface area (Å²) in [5, 5.41) is 6.59. The molecule has 0 unspecified atom stereocenters. The molecular formula is C42H84N4O2S2. The van der Waals surface area contributed by atoms with Gasteiger partial charge in [0.15, 0.2) is 0 Å². The third kappa shape index (κ3) is 33.5. The molecule has 2 N–H and O–H groups in total. The van der Waals surface area contributed by atoms with E-state index in [0.29, 0.717) is 18.6 Å². The van der Waals surface area contributed by atoms with Crippen molar-refractivity contribution in [1.82, 2.24) is 20.4 Å². The van der Waals surface area contributed by atoms with E-state index in [1.807, 2.05) is 21.6 Å². The van der Waals surface area contributed by atoms with E-state index in [4.69, 9.17) is 0 Å². The van der Waals surface area contributed by atoms with Crippen LogP contribution in [0.5, 0.6) is 0 Å². The van der Waals surface area contributed by atoms with Crippen molar-refractivity contribution in [2.75, 3.05) is 70.4 Å². The summed E-state index contributed by atoms with van der Waals surface area (Å²) in [5.74, 6) is 2.76. The van der Waals surface area contributed by atoms with Crippen molar-refractivity contribution >= 4 is 33.3 Å². The Balaban J connectivity index is 2.18. The van der Waals surface area contributed by atoms with Crippen LogP contribution < -0.4 is 10.6 Å². The summed E-state index contributed by atoms with van der Waals surface area (Å²) in [5.41, 5.74) is 0. The van der Waals surface area contributed by atoms with Crippen LogP contribution in [0.3, 0.4) is 0 Å². The third-order valence-electron chi connectivity index (χ3n) is 10.3. The molecule has 1 rings (SSSR count). The second-order valence-electron chi connectivity index (χ2n) is 15.0. The van der Waals surface area contributed by atoms with E-state index in [0.717, 1.165) is 89.7 Å². The predicted molar refractivity (Wildman–Crippen MR) is 225 cm³/mol. The monoisotopic (exact) mass is 741 g/mol. The predicted octanol–water partition coefficient (Wildman–Crippen LogP) is 10.8. The van der Waals surface area contributed by atoms with Crippen LogP contribution in [0.4, 0.5) is 0 Å². The Morgan fingerprint density at radius 1 is 0.560 bits per heavy atom. The fourth-order valence-corrected chi connectivity index (χ4v) is 8.89. The highest BCUT2D eigenvalue weighted by Crippen LogP contribution is 2.21. The van der Waals surface area contributed by atoms with Crippen LogP contribution in [0.1, 0.15) is 187 Å². The normalized spacial score (nSPS) is 13.7. The van der Waals surface area contributed by atoms with Crippen molar-refractivity contribution in [1.29, 1.82) is 0 Å². The molecule has 1 aliphatic heterocycles. The molecule has 296 valence electrons. The maximum absolute atomic E-state index is 12.8. The number of nitrogens with zero attached hydrogens (tertiary/aromatic N) is 2. The number of nitrogens with one attached hydrogen (secondary N) is 2. The number of piperazine rings is 1. The zero-order valence-electron chi connectivity index (χ0n) is 33.4. The number of hydrogen-bond acceptors (Lipinski definition) is 7. The molecule has 6 nitrogen and oxygen atoms in total. The van der Waals surface area contributed by atoms with E-state index in [9.17, 15) is 9.59 Å². The van der Waals surface area contributed by atoms with Crippen LogP contribution in [-0.4, -0.2) is 91.9 Å². The molecule has 0 radical (unpaired) electrons. The lowest BCUT2D eigenvalue weighted by atomic mass is 10.0. The molecule has 1 saturated heterocycles. The molecule has 0 spiro atoms. The Hall–Kier alpha value is -0.280. The van der Waals surface area contributed by atoms with Gasteiger partial charge in [0, 0.05) is 89.7 Å². The van der Waals surface area contributed by atoms with Gasteiger partial charge in [0.2, 0.25) is 5.91 Å². The minimum absolute atomic E-state index is 0.165. The van der Waals surface area contributed by atoms with E-state index in [-0.39, 0.29) is 5.91 Å². The van der Waals surface area contributed by atoms with Gasteiger partial charge in [-0.25, -0.2) is 0 Å². The molecule has 1 aliphatic rings. The summed E-state index contributed by atoms with van der Waals surface area (Å²) in [6, 6.07) is 0. The summed E-state index contributed by atoms with van der Waals surface area (Å²) in [6.07, 6.45) is 33.8. The van der Waals surface area contributed by atoms with Gasteiger partial charge in [0.1, 0.15) is 5.78 Å². The number of hydrogen-bond donors (Lipinski definition) is 2. The molecule has 0 aliphatic carbocycles. The lowest BCUT2D eigenvalue weighted by Gasteiger charge is -2.26.